The number of rotatable bonds is 1. The van der Waals surface area contributed by atoms with Crippen LogP contribution >= 0.6 is 0 Å². The Morgan fingerprint density at radius 1 is 1.46 bits per heavy atom. The second-order valence-electron chi connectivity index (χ2n) is 3.37. The summed E-state index contributed by atoms with van der Waals surface area (Å²) in [6.45, 7) is 0. The summed E-state index contributed by atoms with van der Waals surface area (Å²) in [5.74, 6) is -0.188. The normalized spacial score (nSPS) is 31.5. The Hall–Kier alpha value is -0.830. The molecule has 3 nitrogen and oxygen atoms in total. The van der Waals surface area contributed by atoms with Gasteiger partial charge in [-0.1, -0.05) is 12.2 Å². The summed E-state index contributed by atoms with van der Waals surface area (Å²) in [7, 11) is 1.41. The number of carbonyl (C=O) groups is 1. The van der Waals surface area contributed by atoms with Crippen molar-refractivity contribution in [1.82, 2.24) is 0 Å². The van der Waals surface area contributed by atoms with Crippen molar-refractivity contribution in [3.63, 3.8) is 0 Å². The molecule has 0 fully saturated rings. The van der Waals surface area contributed by atoms with Crippen LogP contribution in [0.2, 0.25) is 0 Å². The minimum absolute atomic E-state index is 0.0374. The molecule has 0 radical (unpaired) electrons. The minimum Gasteiger partial charge on any atom is -0.469 e. The molecular weight excluding hydrogens is 168 g/mol. The summed E-state index contributed by atoms with van der Waals surface area (Å²) >= 11 is 0. The van der Waals surface area contributed by atoms with Crippen LogP contribution in [0.15, 0.2) is 12.2 Å². The lowest BCUT2D eigenvalue weighted by Gasteiger charge is -2.16. The highest BCUT2D eigenvalue weighted by Gasteiger charge is 2.20. The molecule has 1 aliphatic carbocycles. The van der Waals surface area contributed by atoms with E-state index in [1.807, 2.05) is 6.08 Å². The van der Waals surface area contributed by atoms with E-state index < -0.39 is 6.10 Å². The molecule has 0 spiro atoms. The van der Waals surface area contributed by atoms with E-state index in [1.165, 1.54) is 7.11 Å². The van der Waals surface area contributed by atoms with Crippen LogP contribution in [0, 0.1) is 5.92 Å². The number of hydrogen-bond acceptors (Lipinski definition) is 3. The van der Waals surface area contributed by atoms with Crippen molar-refractivity contribution in [3.8, 4) is 0 Å². The van der Waals surface area contributed by atoms with E-state index in [9.17, 15) is 9.90 Å². The number of allylic oxidation sites excluding steroid dienone is 1. The maximum Gasteiger partial charge on any atom is 0.308 e. The van der Waals surface area contributed by atoms with Crippen LogP contribution in [-0.2, 0) is 9.53 Å². The highest BCUT2D eigenvalue weighted by molar-refractivity contribution is 5.72. The molecule has 0 aromatic carbocycles. The van der Waals surface area contributed by atoms with Gasteiger partial charge in [-0.3, -0.25) is 4.79 Å². The van der Waals surface area contributed by atoms with Gasteiger partial charge in [0, 0.05) is 0 Å². The Kier molecular flexibility index (Phi) is 3.96. The van der Waals surface area contributed by atoms with Crippen LogP contribution in [0.3, 0.4) is 0 Å². The van der Waals surface area contributed by atoms with E-state index in [2.05, 4.69) is 4.74 Å². The Bertz CT molecular complexity index is 198. The summed E-state index contributed by atoms with van der Waals surface area (Å²) in [5.41, 5.74) is 0. The van der Waals surface area contributed by atoms with E-state index in [0.29, 0.717) is 6.42 Å². The van der Waals surface area contributed by atoms with Gasteiger partial charge in [0.1, 0.15) is 0 Å². The standard InChI is InChI=1S/C10H16O3/c1-13-10(12)8-4-2-3-5-9(11)7-6-8/h3,5,8-9,11H,2,4,6-7H2,1H3/b5-3-. The monoisotopic (exact) mass is 184 g/mol. The van der Waals surface area contributed by atoms with Gasteiger partial charge in [0.15, 0.2) is 0 Å². The van der Waals surface area contributed by atoms with Gasteiger partial charge >= 0.3 is 5.97 Å². The highest BCUT2D eigenvalue weighted by atomic mass is 16.5. The third kappa shape index (κ3) is 3.19. The lowest BCUT2D eigenvalue weighted by molar-refractivity contribution is -0.146. The fraction of sp³-hybridized carbons (Fsp3) is 0.700. The lowest BCUT2D eigenvalue weighted by Crippen LogP contribution is -2.19. The van der Waals surface area contributed by atoms with E-state index in [0.717, 1.165) is 19.3 Å². The molecule has 13 heavy (non-hydrogen) atoms. The summed E-state index contributed by atoms with van der Waals surface area (Å²) in [4.78, 5) is 11.2. The molecule has 0 aliphatic heterocycles. The Labute approximate surface area is 78.4 Å². The van der Waals surface area contributed by atoms with Gasteiger partial charge in [-0.2, -0.15) is 0 Å². The van der Waals surface area contributed by atoms with Crippen LogP contribution in [0.4, 0.5) is 0 Å². The van der Waals surface area contributed by atoms with Gasteiger partial charge in [0.05, 0.1) is 19.1 Å². The Morgan fingerprint density at radius 2 is 2.23 bits per heavy atom. The molecule has 0 amide bonds. The zero-order chi connectivity index (χ0) is 9.68. The molecule has 0 bridgehead atoms. The zero-order valence-corrected chi connectivity index (χ0v) is 7.90. The van der Waals surface area contributed by atoms with Crippen LogP contribution in [0.25, 0.3) is 0 Å². The topological polar surface area (TPSA) is 46.5 Å². The molecule has 3 heteroatoms. The van der Waals surface area contributed by atoms with Crippen LogP contribution in [0.5, 0.6) is 0 Å². The second kappa shape index (κ2) is 5.02. The molecule has 1 rings (SSSR count). The number of esters is 1. The first-order valence-electron chi connectivity index (χ1n) is 4.66. The van der Waals surface area contributed by atoms with Crippen LogP contribution in [0.1, 0.15) is 25.7 Å². The van der Waals surface area contributed by atoms with Gasteiger partial charge in [-0.05, 0) is 25.7 Å². The molecule has 2 unspecified atom stereocenters. The van der Waals surface area contributed by atoms with Gasteiger partial charge in [-0.15, -0.1) is 0 Å². The number of hydrogen-bond donors (Lipinski definition) is 1. The molecule has 1 N–H and O–H groups in total. The van der Waals surface area contributed by atoms with Crippen molar-refractivity contribution in [3.05, 3.63) is 12.2 Å². The number of carbonyl (C=O) groups excluding carboxylic acids is 1. The van der Waals surface area contributed by atoms with Crippen molar-refractivity contribution in [2.45, 2.75) is 31.8 Å². The predicted molar refractivity (Wildman–Crippen MR) is 49.1 cm³/mol. The van der Waals surface area contributed by atoms with Crippen molar-refractivity contribution < 1.29 is 14.6 Å². The maximum absolute atomic E-state index is 11.2. The fourth-order valence-corrected chi connectivity index (χ4v) is 1.57. The minimum atomic E-state index is -0.396. The summed E-state index contributed by atoms with van der Waals surface area (Å²) in [5, 5.41) is 9.35. The van der Waals surface area contributed by atoms with Gasteiger partial charge in [-0.25, -0.2) is 0 Å². The van der Waals surface area contributed by atoms with Crippen molar-refractivity contribution in [2.24, 2.45) is 5.92 Å². The average molecular weight is 184 g/mol. The molecule has 0 aromatic rings. The largest absolute Gasteiger partial charge is 0.469 e. The third-order valence-electron chi connectivity index (χ3n) is 2.39. The zero-order valence-electron chi connectivity index (χ0n) is 7.90. The van der Waals surface area contributed by atoms with Crippen LogP contribution in [-0.4, -0.2) is 24.3 Å². The first-order valence-corrected chi connectivity index (χ1v) is 4.66. The SMILES string of the molecule is COC(=O)C1CC/C=C\C(O)CC1. The van der Waals surface area contributed by atoms with E-state index in [4.69, 9.17) is 0 Å². The molecule has 74 valence electrons. The van der Waals surface area contributed by atoms with E-state index in [-0.39, 0.29) is 11.9 Å². The number of aliphatic hydroxyl groups is 1. The summed E-state index contributed by atoms with van der Waals surface area (Å²) in [6.07, 6.45) is 6.38. The number of methoxy groups -OCH3 is 1. The highest BCUT2D eigenvalue weighted by Crippen LogP contribution is 2.19. The first kappa shape index (κ1) is 10.3. The third-order valence-corrected chi connectivity index (χ3v) is 2.39. The number of aliphatic hydroxyl groups excluding tert-OH is 1. The smallest absolute Gasteiger partial charge is 0.308 e. The Balaban J connectivity index is 2.49. The van der Waals surface area contributed by atoms with E-state index >= 15 is 0 Å². The second-order valence-corrected chi connectivity index (χ2v) is 3.37. The molecule has 0 saturated carbocycles. The lowest BCUT2D eigenvalue weighted by atomic mass is 9.93. The molecule has 0 heterocycles. The summed E-state index contributed by atoms with van der Waals surface area (Å²) < 4.78 is 4.68. The fourth-order valence-electron chi connectivity index (χ4n) is 1.57. The van der Waals surface area contributed by atoms with E-state index in [1.54, 1.807) is 6.08 Å². The van der Waals surface area contributed by atoms with Gasteiger partial charge in [0.25, 0.3) is 0 Å². The van der Waals surface area contributed by atoms with Gasteiger partial charge in [0.2, 0.25) is 0 Å². The Morgan fingerprint density at radius 3 is 2.92 bits per heavy atom. The summed E-state index contributed by atoms with van der Waals surface area (Å²) in [6, 6.07) is 0. The quantitative estimate of drug-likeness (QED) is 0.493. The van der Waals surface area contributed by atoms with Crippen molar-refractivity contribution in [2.75, 3.05) is 7.11 Å². The molecular formula is C10H16O3. The molecule has 1 aliphatic rings. The molecule has 0 saturated heterocycles. The number of ether oxygens (including phenoxy) is 1. The predicted octanol–water partition coefficient (Wildman–Crippen LogP) is 1.27. The first-order chi connectivity index (χ1) is 6.24. The maximum atomic E-state index is 11.2. The van der Waals surface area contributed by atoms with Crippen LogP contribution < -0.4 is 0 Å². The van der Waals surface area contributed by atoms with Crippen molar-refractivity contribution >= 4 is 5.97 Å². The molecule has 0 aromatic heterocycles. The average Bonchev–Trinajstić information content (AvgIpc) is 2.11. The van der Waals surface area contributed by atoms with Gasteiger partial charge < -0.3 is 9.84 Å². The molecule has 2 atom stereocenters. The van der Waals surface area contributed by atoms with Crippen molar-refractivity contribution in [1.29, 1.82) is 0 Å².